The van der Waals surface area contributed by atoms with Crippen LogP contribution in [-0.4, -0.2) is 22.6 Å². The Bertz CT molecular complexity index is 1730. The number of benzene rings is 4. The lowest BCUT2D eigenvalue weighted by Gasteiger charge is -2.24. The van der Waals surface area contributed by atoms with E-state index in [-0.39, 0.29) is 20.9 Å². The van der Waals surface area contributed by atoms with Gasteiger partial charge in [-0.05, 0) is 74.7 Å². The molecule has 0 bridgehead atoms. The fourth-order valence-electron chi connectivity index (χ4n) is 4.59. The molecule has 1 N–H and O–H groups in total. The average molecular weight is 546 g/mol. The Kier molecular flexibility index (Phi) is 6.16. The minimum absolute atomic E-state index is 0.0601. The second kappa shape index (κ2) is 9.11. The Morgan fingerprint density at radius 2 is 1.16 bits per heavy atom. The summed E-state index contributed by atoms with van der Waals surface area (Å²) in [6.07, 6.45) is 0. The molecule has 1 aliphatic rings. The predicted molar refractivity (Wildman–Crippen MR) is 148 cm³/mol. The molecule has 0 heterocycles. The van der Waals surface area contributed by atoms with Crippen LogP contribution in [-0.2, 0) is 20.0 Å². The molecule has 0 atom stereocenters. The van der Waals surface area contributed by atoms with Gasteiger partial charge in [-0.1, -0.05) is 59.2 Å². The molecule has 0 spiro atoms. The first kappa shape index (κ1) is 25.7. The van der Waals surface area contributed by atoms with E-state index in [1.807, 2.05) is 39.0 Å². The number of ketones is 1. The fourth-order valence-corrected chi connectivity index (χ4v) is 6.82. The van der Waals surface area contributed by atoms with Crippen LogP contribution in [0.5, 0.6) is 0 Å². The van der Waals surface area contributed by atoms with Crippen molar-refractivity contribution in [3.05, 3.63) is 111 Å². The molecule has 1 aliphatic carbocycles. The number of aryl methyl sites for hydroxylation is 4. The smallest absolute Gasteiger partial charge is 0.261 e. The molecule has 0 radical (unpaired) electrons. The van der Waals surface area contributed by atoms with E-state index < -0.39 is 25.8 Å². The lowest BCUT2D eigenvalue weighted by molar-refractivity contribution is 0.104. The van der Waals surface area contributed by atoms with E-state index >= 15 is 0 Å². The maximum Gasteiger partial charge on any atom is 0.261 e. The van der Waals surface area contributed by atoms with Crippen molar-refractivity contribution in [3.8, 4) is 11.1 Å². The van der Waals surface area contributed by atoms with E-state index in [0.717, 1.165) is 22.3 Å². The summed E-state index contributed by atoms with van der Waals surface area (Å²) in [5.74, 6) is -0.442. The molecule has 4 aromatic carbocycles. The highest BCUT2D eigenvalue weighted by atomic mass is 32.2. The zero-order valence-corrected chi connectivity index (χ0v) is 22.9. The van der Waals surface area contributed by atoms with Crippen molar-refractivity contribution in [2.45, 2.75) is 37.5 Å². The molecule has 0 fully saturated rings. The Balaban J connectivity index is 1.46. The Hall–Kier alpha value is -3.95. The van der Waals surface area contributed by atoms with Crippen molar-refractivity contribution in [2.24, 2.45) is 0 Å². The largest absolute Gasteiger partial charge is 0.572 e. The number of nitrogens with zero attached hydrogens (tertiary/aromatic N) is 1. The van der Waals surface area contributed by atoms with E-state index in [0.29, 0.717) is 22.5 Å². The van der Waals surface area contributed by atoms with Crippen LogP contribution in [0.25, 0.3) is 15.8 Å². The molecule has 0 saturated heterocycles. The third-order valence-corrected chi connectivity index (χ3v) is 9.22. The van der Waals surface area contributed by atoms with E-state index in [2.05, 4.69) is 9.44 Å². The molecule has 0 amide bonds. The first-order valence-electron chi connectivity index (χ1n) is 11.8. The van der Waals surface area contributed by atoms with Gasteiger partial charge in [0.25, 0.3) is 10.0 Å². The zero-order chi connectivity index (χ0) is 27.4. The summed E-state index contributed by atoms with van der Waals surface area (Å²) >= 11 is 0. The van der Waals surface area contributed by atoms with Crippen LogP contribution in [0.3, 0.4) is 0 Å². The summed E-state index contributed by atoms with van der Waals surface area (Å²) in [4.78, 5) is 13.1. The third-order valence-electron chi connectivity index (χ3n) is 6.57. The maximum absolute atomic E-state index is 13.3. The monoisotopic (exact) mass is 545 g/mol. The summed E-state index contributed by atoms with van der Waals surface area (Å²) < 4.78 is 58.9. The predicted octanol–water partition coefficient (Wildman–Crippen LogP) is 6.33. The molecule has 194 valence electrons. The molecule has 38 heavy (non-hydrogen) atoms. The van der Waals surface area contributed by atoms with Gasteiger partial charge in [0, 0.05) is 11.1 Å². The maximum atomic E-state index is 13.3. The van der Waals surface area contributed by atoms with Crippen LogP contribution in [0.1, 0.15) is 38.2 Å². The highest BCUT2D eigenvalue weighted by Crippen LogP contribution is 2.40. The minimum atomic E-state index is -4.09. The lowest BCUT2D eigenvalue weighted by atomic mass is 10.1. The van der Waals surface area contributed by atoms with Crippen molar-refractivity contribution in [1.29, 1.82) is 0 Å². The van der Waals surface area contributed by atoms with Crippen molar-refractivity contribution in [2.75, 3.05) is 4.72 Å². The SMILES string of the molecule is Cc1ccc([N-]S(=O)(=O)c2ccc3c(c2)C(=O)c2cc(S(=O)(=O)Nc4ccc(C)cc4C)ccc2-3)c(C)c1. The number of hydrogen-bond acceptors (Lipinski definition) is 5. The zero-order valence-electron chi connectivity index (χ0n) is 21.2. The van der Waals surface area contributed by atoms with E-state index in [4.69, 9.17) is 0 Å². The van der Waals surface area contributed by atoms with Gasteiger partial charge in [0.2, 0.25) is 0 Å². The Morgan fingerprint density at radius 3 is 1.76 bits per heavy atom. The Labute approximate surface area is 222 Å². The number of sulfonamides is 2. The van der Waals surface area contributed by atoms with Crippen molar-refractivity contribution in [3.63, 3.8) is 0 Å². The molecular formula is C29H25N2O5S2-. The van der Waals surface area contributed by atoms with Gasteiger partial charge in [0.15, 0.2) is 5.78 Å². The second-order valence-electron chi connectivity index (χ2n) is 9.52. The van der Waals surface area contributed by atoms with Crippen LogP contribution in [0.15, 0.2) is 82.6 Å². The third kappa shape index (κ3) is 4.59. The lowest BCUT2D eigenvalue weighted by Crippen LogP contribution is -2.14. The van der Waals surface area contributed by atoms with Gasteiger partial charge in [-0.2, -0.15) is 0 Å². The molecule has 4 aromatic rings. The van der Waals surface area contributed by atoms with Crippen molar-refractivity contribution in [1.82, 2.24) is 0 Å². The first-order valence-corrected chi connectivity index (χ1v) is 14.8. The topological polar surface area (TPSA) is 111 Å². The van der Waals surface area contributed by atoms with Crippen molar-refractivity contribution < 1.29 is 21.6 Å². The molecule has 5 rings (SSSR count). The summed E-state index contributed by atoms with van der Waals surface area (Å²) in [6.45, 7) is 7.42. The molecule has 0 aromatic heterocycles. The molecular weight excluding hydrogens is 520 g/mol. The number of anilines is 1. The van der Waals surface area contributed by atoms with Gasteiger partial charge in [0.05, 0.1) is 15.5 Å². The van der Waals surface area contributed by atoms with Gasteiger partial charge in [0.1, 0.15) is 10.0 Å². The van der Waals surface area contributed by atoms with E-state index in [1.54, 1.807) is 37.3 Å². The fraction of sp³-hybridized carbons (Fsp3) is 0.138. The molecule has 0 aliphatic heterocycles. The van der Waals surface area contributed by atoms with Crippen molar-refractivity contribution >= 4 is 37.2 Å². The van der Waals surface area contributed by atoms with Crippen LogP contribution in [0, 0.1) is 27.7 Å². The van der Waals surface area contributed by atoms with Crippen LogP contribution < -0.4 is 4.72 Å². The first-order chi connectivity index (χ1) is 17.9. The van der Waals surface area contributed by atoms with E-state index in [9.17, 15) is 21.6 Å². The van der Waals surface area contributed by atoms with Gasteiger partial charge < -0.3 is 4.72 Å². The van der Waals surface area contributed by atoms with Gasteiger partial charge in [-0.25, -0.2) is 16.8 Å². The van der Waals surface area contributed by atoms with Gasteiger partial charge >= 0.3 is 0 Å². The number of hydrogen-bond donors (Lipinski definition) is 1. The number of carbonyl (C=O) groups excluding carboxylic acids is 1. The number of nitrogens with one attached hydrogen (secondary N) is 1. The average Bonchev–Trinajstić information content (AvgIpc) is 3.14. The van der Waals surface area contributed by atoms with Crippen LogP contribution >= 0.6 is 0 Å². The van der Waals surface area contributed by atoms with Crippen LogP contribution in [0.4, 0.5) is 11.4 Å². The molecule has 9 heteroatoms. The normalized spacial score (nSPS) is 12.7. The molecule has 0 unspecified atom stereocenters. The summed E-state index contributed by atoms with van der Waals surface area (Å²) in [7, 11) is -8.05. The standard InChI is InChI=1S/C29H25N2O5S2/c1-17-5-11-27(19(3)13-17)30-37(33,34)21-7-9-23-24-10-8-22(16-26(24)29(32)25(23)15-21)38(35,36)31-28-12-6-18(2)14-20(28)4/h5-16,30H,1-4H3/q-1. The van der Waals surface area contributed by atoms with Crippen LogP contribution in [0.2, 0.25) is 0 Å². The van der Waals surface area contributed by atoms with Gasteiger partial charge in [-0.15, -0.1) is 5.69 Å². The highest BCUT2D eigenvalue weighted by Gasteiger charge is 2.30. The second-order valence-corrected chi connectivity index (χ2v) is 12.8. The van der Waals surface area contributed by atoms with E-state index in [1.165, 1.54) is 24.3 Å². The summed E-state index contributed by atoms with van der Waals surface area (Å²) in [5, 5.41) is 0. The minimum Gasteiger partial charge on any atom is -0.572 e. The summed E-state index contributed by atoms with van der Waals surface area (Å²) in [5.41, 5.74) is 5.76. The number of rotatable bonds is 6. The highest BCUT2D eigenvalue weighted by molar-refractivity contribution is 7.94. The quantitative estimate of drug-likeness (QED) is 0.268. The molecule has 7 nitrogen and oxygen atoms in total. The molecule has 0 saturated carbocycles. The Morgan fingerprint density at radius 1 is 0.605 bits per heavy atom. The number of carbonyl (C=O) groups is 1. The van der Waals surface area contributed by atoms with Gasteiger partial charge in [-0.3, -0.25) is 9.52 Å². The summed E-state index contributed by atoms with van der Waals surface area (Å²) in [6, 6.07) is 19.3. The number of fused-ring (bicyclic) bond motifs is 3.